The smallest absolute Gasteiger partial charge is 0.462 e. The molecule has 0 radical (unpaired) electrons. The van der Waals surface area contributed by atoms with Crippen LogP contribution in [0.4, 0.5) is 0 Å². The summed E-state index contributed by atoms with van der Waals surface area (Å²) in [6.45, 7) is 4.44. The zero-order valence-electron chi connectivity index (χ0n) is 47.0. The first kappa shape index (κ1) is 70.7. The van der Waals surface area contributed by atoms with Gasteiger partial charge in [-0.05, 0) is 116 Å². The average molecular weight is 1060 g/mol. The molecule has 0 bridgehead atoms. The minimum atomic E-state index is -4.77. The predicted molar refractivity (Wildman–Crippen MR) is 307 cm³/mol. The summed E-state index contributed by atoms with van der Waals surface area (Å²) in [6.07, 6.45) is 63.9. The Morgan fingerprint density at radius 2 is 0.703 bits per heavy atom. The van der Waals surface area contributed by atoms with Gasteiger partial charge in [-0.25, -0.2) is 4.57 Å². The molecule has 11 nitrogen and oxygen atoms in total. The molecule has 0 spiro atoms. The van der Waals surface area contributed by atoms with Crippen LogP contribution in [0.3, 0.4) is 0 Å². The van der Waals surface area contributed by atoms with E-state index in [4.69, 9.17) is 23.3 Å². The van der Waals surface area contributed by atoms with Crippen molar-refractivity contribution in [3.8, 4) is 0 Å². The van der Waals surface area contributed by atoms with E-state index >= 15 is 0 Å². The van der Waals surface area contributed by atoms with Crippen LogP contribution in [0, 0.1) is 0 Å². The van der Waals surface area contributed by atoms with Gasteiger partial charge in [0.25, 0.3) is 0 Å². The number of unbranched alkanes of at least 4 members (excludes halogenated alkanes) is 23. The monoisotopic (exact) mass is 1060 g/mol. The quantitative estimate of drug-likeness (QED) is 0.0197. The van der Waals surface area contributed by atoms with Crippen LogP contribution in [0.15, 0.2) is 85.1 Å². The molecular formula is C62H107O11P. The molecule has 0 fully saturated rings. The molecule has 0 saturated heterocycles. The Balaban J connectivity index is 4.79. The molecule has 12 heteroatoms. The molecule has 0 aliphatic heterocycles. The van der Waals surface area contributed by atoms with E-state index in [1.807, 2.05) is 0 Å². The number of phosphoric acid groups is 1. The van der Waals surface area contributed by atoms with Crippen molar-refractivity contribution in [3.05, 3.63) is 85.1 Å². The summed E-state index contributed by atoms with van der Waals surface area (Å²) in [4.78, 5) is 48.6. The van der Waals surface area contributed by atoms with Crippen LogP contribution in [0.25, 0.3) is 0 Å². The van der Waals surface area contributed by atoms with Gasteiger partial charge in [-0.3, -0.25) is 23.4 Å². The second-order valence-electron chi connectivity index (χ2n) is 19.4. The van der Waals surface area contributed by atoms with E-state index in [0.717, 1.165) is 116 Å². The predicted octanol–water partition coefficient (Wildman–Crippen LogP) is 17.5. The number of hydrogen-bond donors (Lipinski definition) is 2. The number of ether oxygens (including phenoxy) is 3. The second-order valence-corrected chi connectivity index (χ2v) is 20.9. The molecule has 3 unspecified atom stereocenters. The topological polar surface area (TPSA) is 155 Å². The van der Waals surface area contributed by atoms with Crippen molar-refractivity contribution in [3.63, 3.8) is 0 Å². The highest BCUT2D eigenvalue weighted by atomic mass is 31.2. The van der Waals surface area contributed by atoms with Gasteiger partial charge in [0.1, 0.15) is 12.7 Å². The summed E-state index contributed by atoms with van der Waals surface area (Å²) >= 11 is 0. The number of carbonyl (C=O) groups excluding carboxylic acids is 3. The standard InChI is InChI=1S/C62H107O11P/c1-4-7-10-13-16-19-22-25-28-29-32-35-38-41-44-47-50-53-62(66)73-59(55-69-60(64)51-48-45-42-39-36-33-30-26-23-20-17-14-11-8-5-2)57-71-74(67,68)70-56-58(54-63)72-61(65)52-49-46-43-40-37-34-31-27-24-21-18-15-12-9-6-3/h9,12,16,18-19,21,25-28,30-31,37,40,58-59,63H,4-8,10-11,13-15,17,20,22-24,29,32-36,38-39,41-57H2,1-3H3,(H,67,68)/b12-9-,19-16-,21-18-,28-25-,30-26-,31-27-,40-37-. The number of aliphatic hydroxyl groups excluding tert-OH is 1. The summed E-state index contributed by atoms with van der Waals surface area (Å²) in [6, 6.07) is 0. The summed E-state index contributed by atoms with van der Waals surface area (Å²) in [7, 11) is -4.77. The van der Waals surface area contributed by atoms with Gasteiger partial charge < -0.3 is 24.2 Å². The minimum Gasteiger partial charge on any atom is -0.462 e. The molecular weight excluding hydrogens is 952 g/mol. The lowest BCUT2D eigenvalue weighted by Gasteiger charge is -2.21. The van der Waals surface area contributed by atoms with Gasteiger partial charge in [-0.15, -0.1) is 0 Å². The van der Waals surface area contributed by atoms with Crippen LogP contribution in [0.2, 0.25) is 0 Å². The van der Waals surface area contributed by atoms with Crippen molar-refractivity contribution in [2.24, 2.45) is 0 Å². The molecule has 3 atom stereocenters. The molecule has 0 amide bonds. The lowest BCUT2D eigenvalue weighted by Crippen LogP contribution is -2.30. The van der Waals surface area contributed by atoms with E-state index in [1.54, 1.807) is 0 Å². The van der Waals surface area contributed by atoms with Crippen LogP contribution in [-0.4, -0.2) is 66.5 Å². The number of hydrogen-bond acceptors (Lipinski definition) is 10. The molecule has 0 aromatic heterocycles. The van der Waals surface area contributed by atoms with Crippen molar-refractivity contribution in [2.75, 3.05) is 26.4 Å². The Morgan fingerprint density at radius 1 is 0.392 bits per heavy atom. The first-order valence-corrected chi connectivity index (χ1v) is 31.0. The number of carbonyl (C=O) groups is 3. The number of rotatable bonds is 54. The number of aliphatic hydroxyl groups is 1. The van der Waals surface area contributed by atoms with Gasteiger partial charge in [-0.2, -0.15) is 0 Å². The maximum atomic E-state index is 12.9. The van der Waals surface area contributed by atoms with Crippen molar-refractivity contribution >= 4 is 25.7 Å². The zero-order chi connectivity index (χ0) is 54.1. The highest BCUT2D eigenvalue weighted by Gasteiger charge is 2.28. The third-order valence-electron chi connectivity index (χ3n) is 12.3. The molecule has 0 aromatic rings. The third-order valence-corrected chi connectivity index (χ3v) is 13.2. The van der Waals surface area contributed by atoms with E-state index in [2.05, 4.69) is 106 Å². The summed E-state index contributed by atoms with van der Waals surface area (Å²) in [5.41, 5.74) is 0. The molecule has 2 N–H and O–H groups in total. The Labute approximate surface area is 451 Å². The van der Waals surface area contributed by atoms with E-state index in [-0.39, 0.29) is 25.9 Å². The Hall–Kier alpha value is -3.34. The van der Waals surface area contributed by atoms with Gasteiger partial charge in [0.2, 0.25) is 0 Å². The van der Waals surface area contributed by atoms with Crippen LogP contribution < -0.4 is 0 Å². The van der Waals surface area contributed by atoms with Gasteiger partial charge in [-0.1, -0.05) is 202 Å². The molecule has 74 heavy (non-hydrogen) atoms. The molecule has 0 aromatic carbocycles. The Morgan fingerprint density at radius 3 is 1.15 bits per heavy atom. The van der Waals surface area contributed by atoms with Crippen LogP contribution in [0.5, 0.6) is 0 Å². The molecule has 0 aliphatic rings. The average Bonchev–Trinajstić information content (AvgIpc) is 3.39. The lowest BCUT2D eigenvalue weighted by molar-refractivity contribution is -0.161. The van der Waals surface area contributed by atoms with E-state index in [0.29, 0.717) is 19.3 Å². The summed E-state index contributed by atoms with van der Waals surface area (Å²) in [5.74, 6) is -1.53. The largest absolute Gasteiger partial charge is 0.472 e. The number of allylic oxidation sites excluding steroid dienone is 14. The van der Waals surface area contributed by atoms with Crippen molar-refractivity contribution in [1.29, 1.82) is 0 Å². The summed E-state index contributed by atoms with van der Waals surface area (Å²) < 4.78 is 39.5. The molecule has 0 rings (SSSR count). The zero-order valence-corrected chi connectivity index (χ0v) is 47.9. The highest BCUT2D eigenvalue weighted by Crippen LogP contribution is 2.43. The molecule has 0 heterocycles. The molecule has 0 aliphatic carbocycles. The fourth-order valence-corrected chi connectivity index (χ4v) is 8.57. The molecule has 0 saturated carbocycles. The van der Waals surface area contributed by atoms with Gasteiger partial charge in [0.05, 0.1) is 19.8 Å². The molecule has 426 valence electrons. The minimum absolute atomic E-state index is 0.121. The first-order chi connectivity index (χ1) is 36.2. The second kappa shape index (κ2) is 55.9. The third kappa shape index (κ3) is 53.5. The fraction of sp³-hybridized carbons (Fsp3) is 0.726. The normalized spacial score (nSPS) is 14.0. The van der Waals surface area contributed by atoms with Crippen molar-refractivity contribution in [2.45, 2.75) is 264 Å². The summed E-state index contributed by atoms with van der Waals surface area (Å²) in [5, 5.41) is 9.81. The maximum absolute atomic E-state index is 12.9. The van der Waals surface area contributed by atoms with E-state index < -0.39 is 57.8 Å². The van der Waals surface area contributed by atoms with Crippen molar-refractivity contribution in [1.82, 2.24) is 0 Å². The van der Waals surface area contributed by atoms with Crippen LogP contribution >= 0.6 is 7.82 Å². The SMILES string of the molecule is CC/C=C\C/C=C\C/C=C\C/C=C\CCCCC(=O)OC(CO)COP(=O)(O)OCC(COC(=O)CCCCCCC/C=C\CCCCCCCC)OC(=O)CCCCCCCCC/C=C\C/C=C\CCCCC. The Bertz CT molecular complexity index is 1560. The highest BCUT2D eigenvalue weighted by molar-refractivity contribution is 7.47. The van der Waals surface area contributed by atoms with E-state index in [9.17, 15) is 28.9 Å². The van der Waals surface area contributed by atoms with Crippen LogP contribution in [-0.2, 0) is 42.2 Å². The van der Waals surface area contributed by atoms with E-state index in [1.165, 1.54) is 77.0 Å². The lowest BCUT2D eigenvalue weighted by atomic mass is 10.1. The van der Waals surface area contributed by atoms with Gasteiger partial charge >= 0.3 is 25.7 Å². The number of phosphoric ester groups is 1. The maximum Gasteiger partial charge on any atom is 0.472 e. The van der Waals surface area contributed by atoms with Gasteiger partial charge in [0.15, 0.2) is 6.10 Å². The van der Waals surface area contributed by atoms with Crippen molar-refractivity contribution < 1.29 is 52.2 Å². The first-order valence-electron chi connectivity index (χ1n) is 29.5. The Kier molecular flexibility index (Phi) is 53.4. The van der Waals surface area contributed by atoms with Crippen LogP contribution in [0.1, 0.15) is 252 Å². The number of esters is 3. The fourth-order valence-electron chi connectivity index (χ4n) is 7.78. The van der Waals surface area contributed by atoms with Gasteiger partial charge in [0, 0.05) is 19.3 Å².